The molecule has 2 aromatic rings. The van der Waals surface area contributed by atoms with Crippen LogP contribution in [-0.2, 0) is 6.42 Å². The largest absolute Gasteiger partial charge is 0.361 e. The fourth-order valence-electron chi connectivity index (χ4n) is 3.12. The molecule has 0 bridgehead atoms. The second-order valence-electron chi connectivity index (χ2n) is 6.08. The molecular weight excluding hydrogens is 328 g/mol. The summed E-state index contributed by atoms with van der Waals surface area (Å²) in [6.45, 7) is 1.02. The van der Waals surface area contributed by atoms with Crippen LogP contribution < -0.4 is 4.90 Å². The van der Waals surface area contributed by atoms with Gasteiger partial charge in [0, 0.05) is 36.0 Å². The Balaban J connectivity index is 1.78. The van der Waals surface area contributed by atoms with Crippen molar-refractivity contribution in [1.82, 2.24) is 14.8 Å². The van der Waals surface area contributed by atoms with Crippen molar-refractivity contribution in [3.8, 4) is 0 Å². The van der Waals surface area contributed by atoms with E-state index in [0.29, 0.717) is 0 Å². The van der Waals surface area contributed by atoms with E-state index >= 15 is 0 Å². The zero-order valence-electron chi connectivity index (χ0n) is 13.2. The Morgan fingerprint density at radius 1 is 1.35 bits per heavy atom. The van der Waals surface area contributed by atoms with Gasteiger partial charge in [-0.05, 0) is 43.6 Å². The summed E-state index contributed by atoms with van der Waals surface area (Å²) in [6.07, 6.45) is 7.21. The summed E-state index contributed by atoms with van der Waals surface area (Å²) in [5.41, 5.74) is 3.85. The van der Waals surface area contributed by atoms with Crippen LogP contribution in [0.1, 0.15) is 5.56 Å². The zero-order valence-corrected chi connectivity index (χ0v) is 14.7. The Labute approximate surface area is 145 Å². The zero-order chi connectivity index (χ0) is 16.0. The van der Waals surface area contributed by atoms with Crippen molar-refractivity contribution in [3.05, 3.63) is 52.9 Å². The first-order chi connectivity index (χ1) is 11.1. The highest BCUT2D eigenvalue weighted by Gasteiger charge is 2.35. The number of anilines is 1. The predicted octanol–water partition coefficient (Wildman–Crippen LogP) is 3.93. The number of hydrogen-bond acceptors (Lipinski definition) is 4. The first-order valence-electron chi connectivity index (χ1n) is 7.65. The molecule has 1 aromatic carbocycles. The molecule has 4 rings (SSSR count). The lowest BCUT2D eigenvalue weighted by Gasteiger charge is -2.28. The molecule has 4 nitrogen and oxygen atoms in total. The number of likely N-dealkylation sites (N-methyl/N-ethyl adjacent to an activating group) is 1. The minimum absolute atomic E-state index is 0.185. The highest BCUT2D eigenvalue weighted by Crippen LogP contribution is 2.43. The summed E-state index contributed by atoms with van der Waals surface area (Å²) in [4.78, 5) is 9.98. The van der Waals surface area contributed by atoms with E-state index in [2.05, 4.69) is 69.8 Å². The maximum Gasteiger partial charge on any atom is 0.163 e. The van der Waals surface area contributed by atoms with Gasteiger partial charge in [0.05, 0.1) is 5.69 Å². The SMILES string of the molecule is CN(C)CCc1c[nH]c2cccc(N3C(Cl)=CN4C=CSC43)c12. The summed E-state index contributed by atoms with van der Waals surface area (Å²) in [5.74, 6) is 0. The summed E-state index contributed by atoms with van der Waals surface area (Å²) in [7, 11) is 4.21. The summed E-state index contributed by atoms with van der Waals surface area (Å²) >= 11 is 8.31. The van der Waals surface area contributed by atoms with Gasteiger partial charge in [0.1, 0.15) is 5.16 Å². The molecule has 120 valence electrons. The molecule has 0 saturated heterocycles. The first-order valence-corrected chi connectivity index (χ1v) is 8.97. The van der Waals surface area contributed by atoms with E-state index in [1.807, 2.05) is 6.20 Å². The topological polar surface area (TPSA) is 25.5 Å². The van der Waals surface area contributed by atoms with Gasteiger partial charge in [0.25, 0.3) is 0 Å². The number of aromatic nitrogens is 1. The van der Waals surface area contributed by atoms with E-state index in [4.69, 9.17) is 11.6 Å². The number of fused-ring (bicyclic) bond motifs is 2. The fraction of sp³-hybridized carbons (Fsp3) is 0.294. The fourth-order valence-corrected chi connectivity index (χ4v) is 4.45. The number of nitrogens with one attached hydrogen (secondary N) is 1. The standard InChI is InChI=1S/C17H19ClN4S/c1-20(2)7-6-12-10-19-13-4-3-5-14(16(12)13)22-15(18)11-21-8-9-23-17(21)22/h3-5,8-11,17,19H,6-7H2,1-2H3. The lowest BCUT2D eigenvalue weighted by Crippen LogP contribution is -2.31. The molecule has 0 spiro atoms. The van der Waals surface area contributed by atoms with Crippen molar-refractivity contribution in [2.24, 2.45) is 0 Å². The molecule has 0 fully saturated rings. The third kappa shape index (κ3) is 2.53. The van der Waals surface area contributed by atoms with Gasteiger partial charge in [-0.1, -0.05) is 29.4 Å². The van der Waals surface area contributed by atoms with Crippen molar-refractivity contribution in [3.63, 3.8) is 0 Å². The molecule has 1 aromatic heterocycles. The van der Waals surface area contributed by atoms with E-state index in [9.17, 15) is 0 Å². The van der Waals surface area contributed by atoms with Gasteiger partial charge < -0.3 is 14.8 Å². The second-order valence-corrected chi connectivity index (χ2v) is 7.44. The summed E-state index contributed by atoms with van der Waals surface area (Å²) in [5, 5.41) is 4.15. The van der Waals surface area contributed by atoms with Crippen molar-refractivity contribution < 1.29 is 0 Å². The smallest absolute Gasteiger partial charge is 0.163 e. The van der Waals surface area contributed by atoms with Crippen molar-refractivity contribution in [2.45, 2.75) is 11.9 Å². The molecule has 2 aliphatic rings. The minimum atomic E-state index is 0.185. The van der Waals surface area contributed by atoms with E-state index in [1.54, 1.807) is 11.8 Å². The van der Waals surface area contributed by atoms with Crippen molar-refractivity contribution in [1.29, 1.82) is 0 Å². The van der Waals surface area contributed by atoms with E-state index < -0.39 is 0 Å². The molecule has 0 aliphatic carbocycles. The molecular formula is C17H19ClN4S. The van der Waals surface area contributed by atoms with E-state index in [-0.39, 0.29) is 5.50 Å². The van der Waals surface area contributed by atoms with Gasteiger partial charge >= 0.3 is 0 Å². The van der Waals surface area contributed by atoms with Crippen molar-refractivity contribution >= 4 is 40.0 Å². The average molecular weight is 347 g/mol. The molecule has 0 amide bonds. The number of halogens is 1. The second kappa shape index (κ2) is 5.82. The molecule has 0 saturated carbocycles. The number of thioether (sulfide) groups is 1. The van der Waals surface area contributed by atoms with Crippen LogP contribution in [-0.4, -0.2) is 40.9 Å². The Morgan fingerprint density at radius 2 is 2.22 bits per heavy atom. The number of rotatable bonds is 4. The highest BCUT2D eigenvalue weighted by atomic mass is 35.5. The number of aromatic amines is 1. The molecule has 1 atom stereocenters. The summed E-state index contributed by atoms with van der Waals surface area (Å²) in [6, 6.07) is 6.38. The molecule has 1 unspecified atom stereocenters. The summed E-state index contributed by atoms with van der Waals surface area (Å²) < 4.78 is 0. The molecule has 2 aliphatic heterocycles. The maximum atomic E-state index is 6.54. The molecule has 3 heterocycles. The normalized spacial score (nSPS) is 20.0. The third-order valence-corrected chi connectivity index (χ3v) is 5.50. The third-order valence-electron chi connectivity index (χ3n) is 4.25. The minimum Gasteiger partial charge on any atom is -0.361 e. The number of nitrogens with zero attached hydrogens (tertiary/aromatic N) is 3. The van der Waals surface area contributed by atoms with Gasteiger partial charge in [-0.15, -0.1) is 0 Å². The van der Waals surface area contributed by atoms with Crippen LogP contribution >= 0.6 is 23.4 Å². The van der Waals surface area contributed by atoms with Crippen molar-refractivity contribution in [2.75, 3.05) is 25.5 Å². The van der Waals surface area contributed by atoms with Gasteiger partial charge in [-0.2, -0.15) is 0 Å². The molecule has 23 heavy (non-hydrogen) atoms. The number of H-pyrrole nitrogens is 1. The van der Waals surface area contributed by atoms with Crippen LogP contribution in [0.3, 0.4) is 0 Å². The van der Waals surface area contributed by atoms with E-state index in [1.165, 1.54) is 16.6 Å². The van der Waals surface area contributed by atoms with Gasteiger partial charge in [0.15, 0.2) is 5.50 Å². The lowest BCUT2D eigenvalue weighted by atomic mass is 10.1. The Kier molecular flexibility index (Phi) is 3.79. The number of benzene rings is 1. The number of hydrogen-bond donors (Lipinski definition) is 1. The van der Waals surface area contributed by atoms with Crippen LogP contribution in [0.25, 0.3) is 10.9 Å². The van der Waals surface area contributed by atoms with E-state index in [0.717, 1.165) is 23.6 Å². The maximum absolute atomic E-state index is 6.54. The van der Waals surface area contributed by atoms with Crippen LogP contribution in [0.4, 0.5) is 5.69 Å². The van der Waals surface area contributed by atoms with Gasteiger partial charge in [-0.25, -0.2) is 0 Å². The Morgan fingerprint density at radius 3 is 3.04 bits per heavy atom. The quantitative estimate of drug-likeness (QED) is 0.848. The van der Waals surface area contributed by atoms with Gasteiger partial charge in [-0.3, -0.25) is 4.90 Å². The Bertz CT molecular complexity index is 795. The van der Waals surface area contributed by atoms with Crippen LogP contribution in [0.2, 0.25) is 0 Å². The average Bonchev–Trinajstić information content (AvgIpc) is 3.18. The lowest BCUT2D eigenvalue weighted by molar-refractivity contribution is 0.414. The Hall–Kier alpha value is -1.56. The monoisotopic (exact) mass is 346 g/mol. The van der Waals surface area contributed by atoms with Crippen LogP contribution in [0.5, 0.6) is 0 Å². The van der Waals surface area contributed by atoms with Crippen LogP contribution in [0.15, 0.2) is 47.4 Å². The molecule has 0 radical (unpaired) electrons. The molecule has 1 N–H and O–H groups in total. The molecule has 6 heteroatoms. The van der Waals surface area contributed by atoms with Crippen LogP contribution in [0, 0.1) is 0 Å². The highest BCUT2D eigenvalue weighted by molar-refractivity contribution is 8.03. The van der Waals surface area contributed by atoms with Gasteiger partial charge in [0.2, 0.25) is 0 Å². The predicted molar refractivity (Wildman–Crippen MR) is 99.3 cm³/mol. The first kappa shape index (κ1) is 15.0.